The number of piperazine rings is 1. The summed E-state index contributed by atoms with van der Waals surface area (Å²) < 4.78 is 2.21. The molecule has 1 aromatic heterocycles. The van der Waals surface area contributed by atoms with Crippen molar-refractivity contribution in [1.29, 1.82) is 0 Å². The number of nitrogens with zero attached hydrogens (tertiary/aromatic N) is 4. The second-order valence-electron chi connectivity index (χ2n) is 7.63. The van der Waals surface area contributed by atoms with Crippen LogP contribution in [0.2, 0.25) is 0 Å². The predicted octanol–water partition coefficient (Wildman–Crippen LogP) is 2.01. The Morgan fingerprint density at radius 1 is 1.03 bits per heavy atom. The minimum atomic E-state index is -0.275. The molecule has 1 aliphatic rings. The largest absolute Gasteiger partial charge is 0.368 e. The highest BCUT2D eigenvalue weighted by Crippen LogP contribution is 2.16. The van der Waals surface area contributed by atoms with Gasteiger partial charge in [0, 0.05) is 49.3 Å². The summed E-state index contributed by atoms with van der Waals surface area (Å²) in [7, 11) is 0. The molecular weight excluding hydrogens is 474 g/mol. The molecule has 32 heavy (non-hydrogen) atoms. The molecule has 166 valence electrons. The van der Waals surface area contributed by atoms with Crippen LogP contribution in [0, 0.1) is 0 Å². The number of fused-ring (bicyclic) bond motifs is 1. The van der Waals surface area contributed by atoms with E-state index in [1.807, 2.05) is 24.3 Å². The number of rotatable bonds is 6. The Bertz CT molecular complexity index is 1170. The minimum absolute atomic E-state index is 0.0397. The van der Waals surface area contributed by atoms with Crippen LogP contribution in [-0.2, 0) is 16.1 Å². The first kappa shape index (κ1) is 22.0. The molecule has 0 saturated carbocycles. The summed E-state index contributed by atoms with van der Waals surface area (Å²) in [5.74, 6) is -0.372. The molecule has 0 unspecified atom stereocenters. The average Bonchev–Trinajstić information content (AvgIpc) is 2.83. The maximum absolute atomic E-state index is 12.6. The molecular formula is C23H24BrN5O3. The van der Waals surface area contributed by atoms with E-state index in [9.17, 15) is 14.4 Å². The van der Waals surface area contributed by atoms with Crippen LogP contribution in [0.3, 0.4) is 0 Å². The van der Waals surface area contributed by atoms with Crippen LogP contribution in [0.1, 0.15) is 6.42 Å². The molecule has 2 amide bonds. The third-order valence-corrected chi connectivity index (χ3v) is 6.05. The summed E-state index contributed by atoms with van der Waals surface area (Å²) in [5, 5.41) is 3.16. The average molecular weight is 498 g/mol. The van der Waals surface area contributed by atoms with Crippen LogP contribution in [0.25, 0.3) is 10.9 Å². The van der Waals surface area contributed by atoms with Gasteiger partial charge in [0.15, 0.2) is 0 Å². The summed E-state index contributed by atoms with van der Waals surface area (Å²) in [6.07, 6.45) is 1.54. The second-order valence-corrected chi connectivity index (χ2v) is 8.55. The molecule has 2 aromatic carbocycles. The van der Waals surface area contributed by atoms with Crippen molar-refractivity contribution in [2.24, 2.45) is 0 Å². The summed E-state index contributed by atoms with van der Waals surface area (Å²) in [6.45, 7) is 2.93. The van der Waals surface area contributed by atoms with Gasteiger partial charge in [0.25, 0.3) is 5.56 Å². The number of aromatic nitrogens is 2. The second kappa shape index (κ2) is 9.95. The lowest BCUT2D eigenvalue weighted by atomic mass is 10.2. The number of hydrogen-bond acceptors (Lipinski definition) is 5. The van der Waals surface area contributed by atoms with E-state index in [1.165, 1.54) is 10.9 Å². The molecule has 1 N–H and O–H groups in total. The van der Waals surface area contributed by atoms with Gasteiger partial charge in [0.2, 0.25) is 11.8 Å². The monoisotopic (exact) mass is 497 g/mol. The van der Waals surface area contributed by atoms with Crippen LogP contribution >= 0.6 is 15.9 Å². The van der Waals surface area contributed by atoms with Crippen LogP contribution in [0.15, 0.2) is 64.1 Å². The Hall–Kier alpha value is -3.20. The van der Waals surface area contributed by atoms with Gasteiger partial charge in [-0.05, 0) is 30.3 Å². The maximum Gasteiger partial charge on any atom is 0.261 e. The molecule has 1 fully saturated rings. The van der Waals surface area contributed by atoms with E-state index in [-0.39, 0.29) is 36.9 Å². The van der Waals surface area contributed by atoms with Crippen molar-refractivity contribution in [2.45, 2.75) is 13.0 Å². The lowest BCUT2D eigenvalue weighted by molar-refractivity contribution is -0.133. The fourth-order valence-corrected chi connectivity index (χ4v) is 4.10. The molecule has 2 heterocycles. The molecule has 0 bridgehead atoms. The lowest BCUT2D eigenvalue weighted by Gasteiger charge is -2.36. The fraction of sp³-hybridized carbons (Fsp3) is 0.304. The van der Waals surface area contributed by atoms with Crippen LogP contribution < -0.4 is 15.8 Å². The SMILES string of the molecule is O=C(CCn1cnc2ccc(Br)cc2c1=O)NCC(=O)N1CCN(c2ccccc2)CC1. The number of nitrogens with one attached hydrogen (secondary N) is 1. The third-order valence-electron chi connectivity index (χ3n) is 5.56. The topological polar surface area (TPSA) is 87.5 Å². The highest BCUT2D eigenvalue weighted by atomic mass is 79.9. The Kier molecular flexibility index (Phi) is 6.84. The van der Waals surface area contributed by atoms with Gasteiger partial charge in [-0.15, -0.1) is 0 Å². The first-order valence-corrected chi connectivity index (χ1v) is 11.3. The highest BCUT2D eigenvalue weighted by molar-refractivity contribution is 9.10. The first-order chi connectivity index (χ1) is 15.5. The number of benzene rings is 2. The zero-order chi connectivity index (χ0) is 22.5. The Morgan fingerprint density at radius 3 is 2.53 bits per heavy atom. The smallest absolute Gasteiger partial charge is 0.261 e. The van der Waals surface area contributed by atoms with Gasteiger partial charge < -0.3 is 15.1 Å². The van der Waals surface area contributed by atoms with E-state index in [2.05, 4.69) is 43.3 Å². The molecule has 0 atom stereocenters. The zero-order valence-corrected chi connectivity index (χ0v) is 19.1. The number of carbonyl (C=O) groups is 2. The number of anilines is 1. The molecule has 0 spiro atoms. The molecule has 3 aromatic rings. The van der Waals surface area contributed by atoms with Gasteiger partial charge in [0.1, 0.15) is 0 Å². The number of carbonyl (C=O) groups excluding carboxylic acids is 2. The lowest BCUT2D eigenvalue weighted by Crippen LogP contribution is -2.51. The third kappa shape index (κ3) is 5.16. The van der Waals surface area contributed by atoms with Crippen molar-refractivity contribution in [3.63, 3.8) is 0 Å². The van der Waals surface area contributed by atoms with E-state index < -0.39 is 0 Å². The molecule has 1 saturated heterocycles. The Balaban J connectivity index is 1.24. The molecule has 4 rings (SSSR count). The van der Waals surface area contributed by atoms with Crippen LogP contribution in [-0.4, -0.2) is 59.0 Å². The number of halogens is 1. The van der Waals surface area contributed by atoms with E-state index >= 15 is 0 Å². The first-order valence-electron chi connectivity index (χ1n) is 10.5. The van der Waals surface area contributed by atoms with Crippen molar-refractivity contribution in [3.8, 4) is 0 Å². The Morgan fingerprint density at radius 2 is 1.78 bits per heavy atom. The summed E-state index contributed by atoms with van der Waals surface area (Å²) >= 11 is 3.36. The van der Waals surface area contributed by atoms with E-state index in [1.54, 1.807) is 17.0 Å². The van der Waals surface area contributed by atoms with E-state index in [0.29, 0.717) is 24.0 Å². The maximum atomic E-state index is 12.6. The minimum Gasteiger partial charge on any atom is -0.368 e. The van der Waals surface area contributed by atoms with E-state index in [4.69, 9.17) is 0 Å². The standard InChI is InChI=1S/C23H24BrN5O3/c24-17-6-7-20-19(14-17)23(32)29(16-26-20)9-8-21(30)25-15-22(31)28-12-10-27(11-13-28)18-4-2-1-3-5-18/h1-7,14,16H,8-13,15H2,(H,25,30). The van der Waals surface area contributed by atoms with Crippen molar-refractivity contribution in [2.75, 3.05) is 37.6 Å². The quantitative estimate of drug-likeness (QED) is 0.562. The van der Waals surface area contributed by atoms with Crippen molar-refractivity contribution in [1.82, 2.24) is 19.8 Å². The molecule has 8 nitrogen and oxygen atoms in total. The van der Waals surface area contributed by atoms with Gasteiger partial charge in [-0.3, -0.25) is 19.0 Å². The Labute approximate surface area is 194 Å². The normalized spacial score (nSPS) is 13.9. The van der Waals surface area contributed by atoms with Gasteiger partial charge in [-0.1, -0.05) is 34.1 Å². The van der Waals surface area contributed by atoms with Crippen LogP contribution in [0.5, 0.6) is 0 Å². The number of aryl methyl sites for hydroxylation is 1. The van der Waals surface area contributed by atoms with Crippen LogP contribution in [0.4, 0.5) is 5.69 Å². The van der Waals surface area contributed by atoms with Crippen molar-refractivity contribution < 1.29 is 9.59 Å². The van der Waals surface area contributed by atoms with Crippen molar-refractivity contribution >= 4 is 44.3 Å². The van der Waals surface area contributed by atoms with Gasteiger partial charge in [-0.25, -0.2) is 4.98 Å². The van der Waals surface area contributed by atoms with Crippen molar-refractivity contribution in [3.05, 3.63) is 69.7 Å². The number of hydrogen-bond donors (Lipinski definition) is 1. The van der Waals surface area contributed by atoms with Gasteiger partial charge in [-0.2, -0.15) is 0 Å². The highest BCUT2D eigenvalue weighted by Gasteiger charge is 2.21. The summed E-state index contributed by atoms with van der Waals surface area (Å²) in [6, 6.07) is 15.4. The summed E-state index contributed by atoms with van der Waals surface area (Å²) in [5.41, 5.74) is 1.56. The predicted molar refractivity (Wildman–Crippen MR) is 127 cm³/mol. The molecule has 0 radical (unpaired) electrons. The number of para-hydroxylation sites is 1. The van der Waals surface area contributed by atoms with Gasteiger partial charge >= 0.3 is 0 Å². The van der Waals surface area contributed by atoms with Gasteiger partial charge in [0.05, 0.1) is 23.8 Å². The fourth-order valence-electron chi connectivity index (χ4n) is 3.74. The number of amides is 2. The molecule has 1 aliphatic heterocycles. The summed E-state index contributed by atoms with van der Waals surface area (Å²) in [4.78, 5) is 45.6. The molecule has 0 aliphatic carbocycles. The molecule has 9 heteroatoms. The zero-order valence-electron chi connectivity index (χ0n) is 17.5. The van der Waals surface area contributed by atoms with E-state index in [0.717, 1.165) is 23.2 Å².